The zero-order valence-electron chi connectivity index (χ0n) is 24.5. The summed E-state index contributed by atoms with van der Waals surface area (Å²) in [5.74, 6) is 2.23. The Labute approximate surface area is 247 Å². The predicted octanol–water partition coefficient (Wildman–Crippen LogP) is 8.28. The van der Waals surface area contributed by atoms with E-state index in [4.69, 9.17) is 9.73 Å². The fourth-order valence-electron chi connectivity index (χ4n) is 7.08. The van der Waals surface area contributed by atoms with Gasteiger partial charge in [0.1, 0.15) is 22.9 Å². The molecule has 7 rings (SSSR count). The maximum absolute atomic E-state index is 10.3. The Kier molecular flexibility index (Phi) is 6.27. The van der Waals surface area contributed by atoms with E-state index >= 15 is 0 Å². The first-order valence-corrected chi connectivity index (χ1v) is 14.7. The molecule has 2 atom stereocenters. The number of fused-ring (bicyclic) bond motifs is 3. The lowest BCUT2D eigenvalue weighted by molar-refractivity contribution is 0.373. The van der Waals surface area contributed by atoms with Crippen LogP contribution < -0.4 is 9.64 Å². The summed E-state index contributed by atoms with van der Waals surface area (Å²) in [6.45, 7) is 9.17. The van der Waals surface area contributed by atoms with Crippen LogP contribution in [0.2, 0.25) is 0 Å². The number of nitrogens with zero attached hydrogens (tertiary/aromatic N) is 3. The average molecular weight is 554 g/mol. The van der Waals surface area contributed by atoms with Gasteiger partial charge in [-0.1, -0.05) is 80.6 Å². The van der Waals surface area contributed by atoms with Crippen LogP contribution in [0.3, 0.4) is 0 Å². The number of phenols is 1. The molecule has 0 spiro atoms. The van der Waals surface area contributed by atoms with Crippen molar-refractivity contribution in [3.8, 4) is 17.4 Å². The summed E-state index contributed by atoms with van der Waals surface area (Å²) in [6.07, 6.45) is 2.01. The van der Waals surface area contributed by atoms with Gasteiger partial charge in [0.25, 0.3) is 0 Å². The first kappa shape index (κ1) is 26.3. The summed E-state index contributed by atoms with van der Waals surface area (Å²) in [6, 6.07) is 33.0. The molecule has 210 valence electrons. The molecule has 0 amide bonds. The van der Waals surface area contributed by atoms with Crippen LogP contribution in [0.25, 0.3) is 10.9 Å². The average Bonchev–Trinajstić information content (AvgIpc) is 3.32. The number of hydrogen-bond donors (Lipinski definition) is 1. The second-order valence-corrected chi connectivity index (χ2v) is 12.1. The second-order valence-electron chi connectivity index (χ2n) is 12.1. The molecule has 1 aliphatic carbocycles. The molecule has 0 unspecified atom stereocenters. The van der Waals surface area contributed by atoms with E-state index in [0.717, 1.165) is 29.6 Å². The molecule has 42 heavy (non-hydrogen) atoms. The number of phenolic OH excluding ortho intramolecular Hbond substituents is 1. The predicted molar refractivity (Wildman–Crippen MR) is 170 cm³/mol. The van der Waals surface area contributed by atoms with Gasteiger partial charge in [-0.15, -0.1) is 0 Å². The molecule has 4 aromatic carbocycles. The minimum absolute atomic E-state index is 0.136. The van der Waals surface area contributed by atoms with Crippen molar-refractivity contribution >= 4 is 22.4 Å². The standard InChI is InChI=1S/C37H35N3O2/c1-23-10-7-11-24(2)34(23)40-35-30(20-18-25-12-5-6-16-29(25)37(35,3)4)38-36(40)27-14-8-15-28(22-27)42-32-21-19-26-13-9-17-31(41)33(26)39-32/h5-17,19,21-22,30,35,41H,18,20H2,1-4H3/t30-,35-/m0/s1. The van der Waals surface area contributed by atoms with E-state index in [1.54, 1.807) is 6.07 Å². The lowest BCUT2D eigenvalue weighted by Crippen LogP contribution is -2.51. The summed E-state index contributed by atoms with van der Waals surface area (Å²) in [7, 11) is 0. The molecule has 5 heteroatoms. The summed E-state index contributed by atoms with van der Waals surface area (Å²) in [5.41, 5.74) is 7.95. The van der Waals surface area contributed by atoms with Crippen LogP contribution in [0.4, 0.5) is 5.69 Å². The number of aliphatic imine (C=N–C) groups is 1. The van der Waals surface area contributed by atoms with Crippen LogP contribution in [0, 0.1) is 13.8 Å². The van der Waals surface area contributed by atoms with Crippen molar-refractivity contribution in [2.45, 2.75) is 58.0 Å². The molecule has 0 saturated carbocycles. The molecular formula is C37H35N3O2. The van der Waals surface area contributed by atoms with Crippen LogP contribution in [0.1, 0.15) is 48.1 Å². The van der Waals surface area contributed by atoms with Crippen LogP contribution in [0.15, 0.2) is 102 Å². The van der Waals surface area contributed by atoms with E-state index in [0.29, 0.717) is 17.1 Å². The number of ether oxygens (including phenoxy) is 1. The molecule has 5 aromatic rings. The Morgan fingerprint density at radius 2 is 1.62 bits per heavy atom. The van der Waals surface area contributed by atoms with Crippen LogP contribution >= 0.6 is 0 Å². The number of pyridine rings is 1. The minimum atomic E-state index is -0.136. The van der Waals surface area contributed by atoms with Gasteiger partial charge in [-0.05, 0) is 73.2 Å². The van der Waals surface area contributed by atoms with Crippen molar-refractivity contribution in [2.24, 2.45) is 4.99 Å². The topological polar surface area (TPSA) is 58.0 Å². The molecule has 1 aromatic heterocycles. The van der Waals surface area contributed by atoms with Crippen molar-refractivity contribution in [2.75, 3.05) is 4.90 Å². The largest absolute Gasteiger partial charge is 0.506 e. The van der Waals surface area contributed by atoms with Crippen LogP contribution in [-0.2, 0) is 11.8 Å². The first-order valence-electron chi connectivity index (χ1n) is 14.7. The van der Waals surface area contributed by atoms with Gasteiger partial charge >= 0.3 is 0 Å². The molecule has 2 heterocycles. The SMILES string of the molecule is Cc1cccc(C)c1N1C(c2cccc(Oc3ccc4cccc(O)c4n3)c2)=N[C@H]2CCc3ccccc3C(C)(C)[C@H]21. The summed E-state index contributed by atoms with van der Waals surface area (Å²) in [5, 5.41) is 11.2. The molecular weight excluding hydrogens is 518 g/mol. The van der Waals surface area contributed by atoms with Crippen molar-refractivity contribution in [1.29, 1.82) is 0 Å². The van der Waals surface area contributed by atoms with Crippen molar-refractivity contribution in [1.82, 2.24) is 4.98 Å². The highest BCUT2D eigenvalue weighted by molar-refractivity contribution is 6.13. The van der Waals surface area contributed by atoms with Gasteiger partial charge in [-0.2, -0.15) is 0 Å². The minimum Gasteiger partial charge on any atom is -0.506 e. The van der Waals surface area contributed by atoms with Crippen LogP contribution in [0.5, 0.6) is 17.4 Å². The number of benzene rings is 4. The number of rotatable bonds is 4. The summed E-state index contributed by atoms with van der Waals surface area (Å²) >= 11 is 0. The number of aryl methyl sites for hydroxylation is 3. The molecule has 1 aliphatic heterocycles. The smallest absolute Gasteiger partial charge is 0.219 e. The Hall–Kier alpha value is -4.64. The van der Waals surface area contributed by atoms with Gasteiger partial charge in [-0.3, -0.25) is 4.99 Å². The first-order chi connectivity index (χ1) is 20.3. The highest BCUT2D eigenvalue weighted by Gasteiger charge is 2.49. The maximum atomic E-state index is 10.3. The zero-order valence-corrected chi connectivity index (χ0v) is 24.5. The maximum Gasteiger partial charge on any atom is 0.219 e. The van der Waals surface area contributed by atoms with Gasteiger partial charge in [0.15, 0.2) is 0 Å². The molecule has 0 bridgehead atoms. The normalized spacial score (nSPS) is 19.1. The van der Waals surface area contributed by atoms with Gasteiger partial charge in [0.2, 0.25) is 5.88 Å². The second kappa shape index (κ2) is 10.0. The quantitative estimate of drug-likeness (QED) is 0.243. The Morgan fingerprint density at radius 1 is 0.857 bits per heavy atom. The number of anilines is 1. The van der Waals surface area contributed by atoms with Gasteiger partial charge < -0.3 is 14.7 Å². The molecule has 1 N–H and O–H groups in total. The van der Waals surface area contributed by atoms with Gasteiger partial charge in [-0.25, -0.2) is 4.98 Å². The Bertz CT molecular complexity index is 1840. The molecule has 5 nitrogen and oxygen atoms in total. The van der Waals surface area contributed by atoms with E-state index < -0.39 is 0 Å². The highest BCUT2D eigenvalue weighted by Crippen LogP contribution is 2.46. The fraction of sp³-hybridized carbons (Fsp3) is 0.243. The Balaban J connectivity index is 1.32. The van der Waals surface area contributed by atoms with E-state index in [1.807, 2.05) is 36.4 Å². The Morgan fingerprint density at radius 3 is 2.45 bits per heavy atom. The van der Waals surface area contributed by atoms with Crippen molar-refractivity contribution in [3.05, 3.63) is 125 Å². The monoisotopic (exact) mass is 553 g/mol. The van der Waals surface area contributed by atoms with Gasteiger partial charge in [0.05, 0.1) is 12.1 Å². The van der Waals surface area contributed by atoms with Gasteiger partial charge in [0, 0.05) is 28.1 Å². The number of para-hydroxylation sites is 2. The van der Waals surface area contributed by atoms with Crippen molar-refractivity contribution in [3.63, 3.8) is 0 Å². The third kappa shape index (κ3) is 4.32. The number of hydrogen-bond acceptors (Lipinski definition) is 5. The summed E-state index contributed by atoms with van der Waals surface area (Å²) in [4.78, 5) is 12.6. The molecule has 0 fully saturated rings. The number of aromatic nitrogens is 1. The third-order valence-corrected chi connectivity index (χ3v) is 8.99. The molecule has 0 saturated heterocycles. The zero-order chi connectivity index (χ0) is 29.0. The van der Waals surface area contributed by atoms with E-state index in [2.05, 4.69) is 92.2 Å². The number of aromatic hydroxyl groups is 1. The number of amidine groups is 1. The third-order valence-electron chi connectivity index (χ3n) is 8.99. The van der Waals surface area contributed by atoms with Crippen LogP contribution in [-0.4, -0.2) is 28.0 Å². The molecule has 0 radical (unpaired) electrons. The highest BCUT2D eigenvalue weighted by atomic mass is 16.5. The van der Waals surface area contributed by atoms with E-state index in [9.17, 15) is 5.11 Å². The van der Waals surface area contributed by atoms with E-state index in [-0.39, 0.29) is 23.2 Å². The van der Waals surface area contributed by atoms with E-state index in [1.165, 1.54) is 27.9 Å². The summed E-state index contributed by atoms with van der Waals surface area (Å²) < 4.78 is 6.26. The fourth-order valence-corrected chi connectivity index (χ4v) is 7.08. The lowest BCUT2D eigenvalue weighted by atomic mass is 9.74. The lowest BCUT2D eigenvalue weighted by Gasteiger charge is -2.42. The molecule has 2 aliphatic rings. The van der Waals surface area contributed by atoms with Crippen molar-refractivity contribution < 1.29 is 9.84 Å².